The molecule has 5 rings (SSSR count). The van der Waals surface area contributed by atoms with E-state index < -0.39 is 5.82 Å². The fourth-order valence-corrected chi connectivity index (χ4v) is 3.53. The number of aromatic nitrogens is 4. The van der Waals surface area contributed by atoms with Gasteiger partial charge in [0.1, 0.15) is 17.2 Å². The Kier molecular flexibility index (Phi) is 5.29. The van der Waals surface area contributed by atoms with Gasteiger partial charge in [-0.05, 0) is 29.8 Å². The van der Waals surface area contributed by atoms with Crippen LogP contribution in [0.15, 0.2) is 73.1 Å². The Bertz CT molecular complexity index is 1450. The van der Waals surface area contributed by atoms with Crippen LogP contribution >= 0.6 is 0 Å². The Labute approximate surface area is 187 Å². The molecule has 0 aliphatic heterocycles. The molecule has 3 aromatic heterocycles. The Balaban J connectivity index is 1.41. The molecule has 5 N–H and O–H groups in total. The van der Waals surface area contributed by atoms with E-state index >= 15 is 0 Å². The zero-order valence-corrected chi connectivity index (χ0v) is 17.3. The summed E-state index contributed by atoms with van der Waals surface area (Å²) in [7, 11) is 0. The summed E-state index contributed by atoms with van der Waals surface area (Å²) in [6.45, 7) is -0.137. The summed E-state index contributed by atoms with van der Waals surface area (Å²) in [6.07, 6.45) is 3.34. The van der Waals surface area contributed by atoms with Gasteiger partial charge in [0.25, 0.3) is 0 Å². The minimum absolute atomic E-state index is 0.0522. The van der Waals surface area contributed by atoms with Crippen molar-refractivity contribution in [2.45, 2.75) is 6.61 Å². The molecule has 0 spiro atoms. The van der Waals surface area contributed by atoms with Gasteiger partial charge >= 0.3 is 0 Å². The van der Waals surface area contributed by atoms with E-state index in [9.17, 15) is 9.50 Å². The lowest BCUT2D eigenvalue weighted by Gasteiger charge is -2.12. The molecular weight excluding hydrogens is 423 g/mol. The first-order valence-electron chi connectivity index (χ1n) is 10.1. The fourth-order valence-electron chi connectivity index (χ4n) is 3.53. The third-order valence-corrected chi connectivity index (χ3v) is 5.05. The summed E-state index contributed by atoms with van der Waals surface area (Å²) in [6, 6.07) is 17.0. The second-order valence-corrected chi connectivity index (χ2v) is 7.23. The van der Waals surface area contributed by atoms with E-state index in [-0.39, 0.29) is 18.3 Å². The number of pyridine rings is 1. The molecule has 0 saturated carbocycles. The maximum atomic E-state index is 14.8. The Morgan fingerprint density at radius 2 is 1.91 bits per heavy atom. The average Bonchev–Trinajstić information content (AvgIpc) is 3.30. The van der Waals surface area contributed by atoms with E-state index in [1.807, 2.05) is 24.3 Å². The molecule has 0 unspecified atom stereocenters. The van der Waals surface area contributed by atoms with Crippen molar-refractivity contribution in [3.63, 3.8) is 0 Å². The molecule has 9 heteroatoms. The monoisotopic (exact) mass is 442 g/mol. The Morgan fingerprint density at radius 1 is 1.03 bits per heavy atom. The molecule has 33 heavy (non-hydrogen) atoms. The van der Waals surface area contributed by atoms with Gasteiger partial charge in [-0.2, -0.15) is 4.98 Å². The van der Waals surface area contributed by atoms with Crippen molar-refractivity contribution in [1.29, 1.82) is 0 Å². The first kappa shape index (κ1) is 20.4. The van der Waals surface area contributed by atoms with Gasteiger partial charge in [-0.1, -0.05) is 24.3 Å². The number of halogens is 1. The molecule has 5 aromatic rings. The van der Waals surface area contributed by atoms with Crippen LogP contribution in [0.2, 0.25) is 0 Å². The maximum Gasteiger partial charge on any atom is 0.222 e. The standard InChI is InChI=1S/C24H19FN6O2/c25-18-11-15(5-6-21(18)33-20-8-10-28-23-17(20)7-9-27-23)29-22-12-19(30-24(26)31-22)16-4-2-1-3-14(16)13-32/h1-12,32H,13H2,(H,27,28)(H3,26,29,30,31). The normalized spacial score (nSPS) is 11.0. The number of H-pyrrole nitrogens is 1. The third-order valence-electron chi connectivity index (χ3n) is 5.05. The van der Waals surface area contributed by atoms with Crippen molar-refractivity contribution in [3.05, 3.63) is 84.4 Å². The van der Waals surface area contributed by atoms with Crippen LogP contribution < -0.4 is 15.8 Å². The zero-order valence-electron chi connectivity index (χ0n) is 17.3. The molecule has 8 nitrogen and oxygen atoms in total. The number of nitrogens with two attached hydrogens (primary N) is 1. The lowest BCUT2D eigenvalue weighted by Crippen LogP contribution is -2.03. The highest BCUT2D eigenvalue weighted by Crippen LogP contribution is 2.32. The lowest BCUT2D eigenvalue weighted by molar-refractivity contribution is 0.282. The summed E-state index contributed by atoms with van der Waals surface area (Å²) < 4.78 is 20.6. The summed E-state index contributed by atoms with van der Waals surface area (Å²) in [5.74, 6) is 0.469. The van der Waals surface area contributed by atoms with Gasteiger partial charge in [0.2, 0.25) is 5.95 Å². The van der Waals surface area contributed by atoms with E-state index in [1.54, 1.807) is 36.7 Å². The first-order valence-corrected chi connectivity index (χ1v) is 10.1. The highest BCUT2D eigenvalue weighted by Gasteiger charge is 2.12. The van der Waals surface area contributed by atoms with Crippen molar-refractivity contribution in [2.75, 3.05) is 11.1 Å². The predicted molar refractivity (Wildman–Crippen MR) is 124 cm³/mol. The minimum Gasteiger partial charge on any atom is -0.453 e. The van der Waals surface area contributed by atoms with E-state index in [2.05, 4.69) is 25.3 Å². The summed E-state index contributed by atoms with van der Waals surface area (Å²) in [5, 5.41) is 13.4. The largest absolute Gasteiger partial charge is 0.453 e. The molecule has 0 bridgehead atoms. The molecule has 0 radical (unpaired) electrons. The number of hydrogen-bond acceptors (Lipinski definition) is 7. The third kappa shape index (κ3) is 4.17. The molecule has 2 aromatic carbocycles. The Morgan fingerprint density at radius 3 is 2.76 bits per heavy atom. The first-order chi connectivity index (χ1) is 16.1. The summed E-state index contributed by atoms with van der Waals surface area (Å²) >= 11 is 0. The van der Waals surface area contributed by atoms with Crippen molar-refractivity contribution in [3.8, 4) is 22.8 Å². The predicted octanol–water partition coefficient (Wildman–Crippen LogP) is 4.77. The van der Waals surface area contributed by atoms with Crippen molar-refractivity contribution < 1.29 is 14.2 Å². The average molecular weight is 442 g/mol. The van der Waals surface area contributed by atoms with Crippen molar-refractivity contribution in [1.82, 2.24) is 19.9 Å². The molecule has 0 fully saturated rings. The molecule has 0 aliphatic carbocycles. The molecule has 0 aliphatic rings. The summed E-state index contributed by atoms with van der Waals surface area (Å²) in [4.78, 5) is 15.6. The van der Waals surface area contributed by atoms with Crippen molar-refractivity contribution in [2.24, 2.45) is 0 Å². The number of aliphatic hydroxyl groups excluding tert-OH is 1. The van der Waals surface area contributed by atoms with Gasteiger partial charge < -0.3 is 25.9 Å². The highest BCUT2D eigenvalue weighted by molar-refractivity contribution is 5.82. The highest BCUT2D eigenvalue weighted by atomic mass is 19.1. The molecule has 0 saturated heterocycles. The summed E-state index contributed by atoms with van der Waals surface area (Å²) in [5.41, 5.74) is 9.00. The quantitative estimate of drug-likeness (QED) is 0.299. The molecule has 3 heterocycles. The number of aliphatic hydroxyl groups is 1. The Hall–Kier alpha value is -4.50. The van der Waals surface area contributed by atoms with E-state index in [0.29, 0.717) is 34.2 Å². The zero-order chi connectivity index (χ0) is 22.8. The number of nitrogens with zero attached hydrogens (tertiary/aromatic N) is 3. The van der Waals surface area contributed by atoms with Crippen LogP contribution in [-0.4, -0.2) is 25.0 Å². The number of nitrogens with one attached hydrogen (secondary N) is 2. The number of hydrogen-bond donors (Lipinski definition) is 4. The van der Waals surface area contributed by atoms with Gasteiger partial charge in [0, 0.05) is 35.8 Å². The number of anilines is 3. The number of rotatable bonds is 6. The number of benzene rings is 2. The van der Waals surface area contributed by atoms with Gasteiger partial charge in [-0.15, -0.1) is 0 Å². The fraction of sp³-hybridized carbons (Fsp3) is 0.0417. The maximum absolute atomic E-state index is 14.8. The van der Waals surface area contributed by atoms with E-state index in [4.69, 9.17) is 10.5 Å². The number of aromatic amines is 1. The van der Waals surface area contributed by atoms with E-state index in [0.717, 1.165) is 10.9 Å². The van der Waals surface area contributed by atoms with Gasteiger partial charge in [-0.3, -0.25) is 0 Å². The van der Waals surface area contributed by atoms with Crippen LogP contribution in [0.5, 0.6) is 11.5 Å². The molecule has 164 valence electrons. The number of nitrogen functional groups attached to an aromatic ring is 1. The van der Waals surface area contributed by atoms with Gasteiger partial charge in [0.15, 0.2) is 11.6 Å². The molecular formula is C24H19FN6O2. The number of ether oxygens (including phenoxy) is 1. The smallest absolute Gasteiger partial charge is 0.222 e. The van der Waals surface area contributed by atoms with Crippen LogP contribution in [0.4, 0.5) is 21.8 Å². The second kappa shape index (κ2) is 8.56. The molecule has 0 amide bonds. The SMILES string of the molecule is Nc1nc(Nc2ccc(Oc3ccnc4[nH]ccc34)c(F)c2)cc(-c2ccccc2CO)n1. The van der Waals surface area contributed by atoms with Crippen LogP contribution in [0.1, 0.15) is 5.56 Å². The van der Waals surface area contributed by atoms with Crippen LogP contribution in [-0.2, 0) is 6.61 Å². The van der Waals surface area contributed by atoms with Gasteiger partial charge in [0.05, 0.1) is 17.7 Å². The minimum atomic E-state index is -0.548. The topological polar surface area (TPSA) is 122 Å². The lowest BCUT2D eigenvalue weighted by atomic mass is 10.0. The van der Waals surface area contributed by atoms with Crippen LogP contribution in [0.3, 0.4) is 0 Å². The molecule has 0 atom stereocenters. The van der Waals surface area contributed by atoms with Gasteiger partial charge in [-0.25, -0.2) is 14.4 Å². The van der Waals surface area contributed by atoms with E-state index in [1.165, 1.54) is 12.1 Å². The van der Waals surface area contributed by atoms with Crippen LogP contribution in [0.25, 0.3) is 22.3 Å². The number of fused-ring (bicyclic) bond motifs is 1. The second-order valence-electron chi connectivity index (χ2n) is 7.23. The van der Waals surface area contributed by atoms with Crippen LogP contribution in [0, 0.1) is 5.82 Å². The van der Waals surface area contributed by atoms with Crippen molar-refractivity contribution >= 4 is 28.5 Å².